The highest BCUT2D eigenvalue weighted by Crippen LogP contribution is 2.40. The molecule has 4 rings (SSSR count). The van der Waals surface area contributed by atoms with Crippen LogP contribution >= 0.6 is 11.6 Å². The van der Waals surface area contributed by atoms with Crippen molar-refractivity contribution in [3.63, 3.8) is 0 Å². The molecule has 0 amide bonds. The van der Waals surface area contributed by atoms with Gasteiger partial charge in [0.2, 0.25) is 5.28 Å². The second-order valence-electron chi connectivity index (χ2n) is 6.60. The number of nitrogens with two attached hydrogens (primary N) is 1. The molecule has 0 aromatic carbocycles. The van der Waals surface area contributed by atoms with Crippen molar-refractivity contribution in [1.82, 2.24) is 19.5 Å². The molecular formula is C15H20ClN5O4. The Balaban J connectivity index is 1.89. The average Bonchev–Trinajstić information content (AvgIpc) is 3.27. The van der Waals surface area contributed by atoms with Crippen LogP contribution in [0.15, 0.2) is 0 Å². The Morgan fingerprint density at radius 2 is 1.88 bits per heavy atom. The van der Waals surface area contributed by atoms with E-state index in [1.165, 1.54) is 0 Å². The molecular weight excluding hydrogens is 350 g/mol. The van der Waals surface area contributed by atoms with E-state index in [2.05, 4.69) is 15.0 Å². The van der Waals surface area contributed by atoms with Crippen LogP contribution in [0.2, 0.25) is 5.28 Å². The van der Waals surface area contributed by atoms with Gasteiger partial charge in [0.1, 0.15) is 24.1 Å². The van der Waals surface area contributed by atoms with Crippen molar-refractivity contribution in [3.05, 3.63) is 11.1 Å². The average molecular weight is 370 g/mol. The number of anilines is 1. The fraction of sp³-hybridized carbons (Fsp3) is 0.667. The van der Waals surface area contributed by atoms with Crippen LogP contribution in [0, 0.1) is 0 Å². The molecule has 4 atom stereocenters. The molecule has 3 heterocycles. The lowest BCUT2D eigenvalue weighted by Crippen LogP contribution is -2.33. The van der Waals surface area contributed by atoms with E-state index < -0.39 is 31.1 Å². The number of aliphatic hydroxyl groups is 3. The van der Waals surface area contributed by atoms with Crippen LogP contribution in [0.25, 0.3) is 11.2 Å². The Bertz CT molecular complexity index is 794. The Morgan fingerprint density at radius 1 is 1.16 bits per heavy atom. The lowest BCUT2D eigenvalue weighted by molar-refractivity contribution is -0.0526. The first-order valence-electron chi connectivity index (χ1n) is 8.34. The minimum Gasteiger partial charge on any atom is -0.394 e. The summed E-state index contributed by atoms with van der Waals surface area (Å²) < 4.78 is 7.35. The van der Waals surface area contributed by atoms with Crippen LogP contribution in [0.5, 0.6) is 0 Å². The van der Waals surface area contributed by atoms with Crippen LogP contribution in [0.3, 0.4) is 0 Å². The first kappa shape index (κ1) is 16.9. The first-order valence-corrected chi connectivity index (χ1v) is 8.72. The minimum atomic E-state index is -1.23. The zero-order chi connectivity index (χ0) is 17.7. The van der Waals surface area contributed by atoms with Crippen molar-refractivity contribution in [2.75, 3.05) is 12.3 Å². The molecule has 5 N–H and O–H groups in total. The van der Waals surface area contributed by atoms with Gasteiger partial charge >= 0.3 is 0 Å². The number of aromatic nitrogens is 4. The SMILES string of the molecule is Nc1nc(Cl)nc2c1nc(C1CCCC1)n2[C@@H]1O[C@H](CO)[C@@H](O)[C@H]1O. The fourth-order valence-electron chi connectivity index (χ4n) is 3.80. The molecule has 0 radical (unpaired) electrons. The van der Waals surface area contributed by atoms with Crippen molar-refractivity contribution in [1.29, 1.82) is 0 Å². The number of imidazole rings is 1. The Kier molecular flexibility index (Phi) is 4.28. The number of nitrogen functional groups attached to an aromatic ring is 1. The topological polar surface area (TPSA) is 140 Å². The molecule has 0 unspecified atom stereocenters. The van der Waals surface area contributed by atoms with E-state index in [4.69, 9.17) is 22.1 Å². The number of nitrogens with zero attached hydrogens (tertiary/aromatic N) is 4. The van der Waals surface area contributed by atoms with E-state index in [1.807, 2.05) is 0 Å². The summed E-state index contributed by atoms with van der Waals surface area (Å²) in [6.07, 6.45) is -0.166. The van der Waals surface area contributed by atoms with Crippen LogP contribution in [-0.2, 0) is 4.74 Å². The van der Waals surface area contributed by atoms with Gasteiger partial charge < -0.3 is 25.8 Å². The third kappa shape index (κ3) is 2.67. The van der Waals surface area contributed by atoms with Crippen molar-refractivity contribution in [2.45, 2.75) is 56.1 Å². The molecule has 2 aromatic heterocycles. The monoisotopic (exact) mass is 369 g/mol. The van der Waals surface area contributed by atoms with Crippen molar-refractivity contribution in [2.24, 2.45) is 0 Å². The minimum absolute atomic E-state index is 0.0316. The Hall–Kier alpha value is -1.52. The number of hydrogen-bond acceptors (Lipinski definition) is 8. The fourth-order valence-corrected chi connectivity index (χ4v) is 3.97. The maximum atomic E-state index is 10.5. The van der Waals surface area contributed by atoms with Gasteiger partial charge in [0.15, 0.2) is 23.2 Å². The molecule has 136 valence electrons. The summed E-state index contributed by atoms with van der Waals surface area (Å²) in [6.45, 7) is -0.405. The van der Waals surface area contributed by atoms with Gasteiger partial charge in [0.25, 0.3) is 0 Å². The van der Waals surface area contributed by atoms with Gasteiger partial charge in [0, 0.05) is 5.92 Å². The van der Waals surface area contributed by atoms with Crippen LogP contribution in [-0.4, -0.2) is 59.8 Å². The number of halogens is 1. The molecule has 25 heavy (non-hydrogen) atoms. The molecule has 2 aliphatic rings. The molecule has 1 aliphatic heterocycles. The third-order valence-electron chi connectivity index (χ3n) is 5.06. The normalized spacial score (nSPS) is 30.6. The number of fused-ring (bicyclic) bond motifs is 1. The summed E-state index contributed by atoms with van der Waals surface area (Å²) in [7, 11) is 0. The number of ether oxygens (including phenoxy) is 1. The third-order valence-corrected chi connectivity index (χ3v) is 5.23. The van der Waals surface area contributed by atoms with Crippen LogP contribution < -0.4 is 5.73 Å². The molecule has 10 heteroatoms. The molecule has 1 aliphatic carbocycles. The Labute approximate surface area is 148 Å². The summed E-state index contributed by atoms with van der Waals surface area (Å²) in [6, 6.07) is 0. The number of rotatable bonds is 3. The molecule has 9 nitrogen and oxygen atoms in total. The van der Waals surface area contributed by atoms with Gasteiger partial charge in [-0.2, -0.15) is 9.97 Å². The first-order chi connectivity index (χ1) is 12.0. The smallest absolute Gasteiger partial charge is 0.226 e. The van der Waals surface area contributed by atoms with Crippen molar-refractivity contribution >= 4 is 28.6 Å². The second-order valence-corrected chi connectivity index (χ2v) is 6.94. The van der Waals surface area contributed by atoms with E-state index in [-0.39, 0.29) is 17.0 Å². The molecule has 1 saturated carbocycles. The van der Waals surface area contributed by atoms with E-state index in [1.54, 1.807) is 4.57 Å². The standard InChI is InChI=1S/C15H20ClN5O4/c16-15-19-11(17)8-13(20-15)21(12(18-8)6-3-1-2-4-6)14-10(24)9(23)7(5-22)25-14/h6-7,9-10,14,22-24H,1-5H2,(H2,17,19,20)/t7-,9-,10-,14-/m1/s1. The summed E-state index contributed by atoms with van der Waals surface area (Å²) in [5.74, 6) is 1.01. The molecule has 0 spiro atoms. The predicted octanol–water partition coefficient (Wildman–Crippen LogP) is 0.331. The zero-order valence-electron chi connectivity index (χ0n) is 13.4. The Morgan fingerprint density at radius 3 is 2.52 bits per heavy atom. The highest BCUT2D eigenvalue weighted by Gasteiger charge is 2.45. The highest BCUT2D eigenvalue weighted by atomic mass is 35.5. The summed E-state index contributed by atoms with van der Waals surface area (Å²) >= 11 is 5.96. The number of hydrogen-bond donors (Lipinski definition) is 4. The van der Waals surface area contributed by atoms with E-state index in [0.29, 0.717) is 17.0 Å². The maximum absolute atomic E-state index is 10.5. The van der Waals surface area contributed by atoms with Gasteiger partial charge in [-0.1, -0.05) is 12.8 Å². The predicted molar refractivity (Wildman–Crippen MR) is 89.0 cm³/mol. The van der Waals surface area contributed by atoms with Gasteiger partial charge in [-0.3, -0.25) is 4.57 Å². The highest BCUT2D eigenvalue weighted by molar-refractivity contribution is 6.28. The van der Waals surface area contributed by atoms with E-state index in [9.17, 15) is 15.3 Å². The van der Waals surface area contributed by atoms with Gasteiger partial charge in [0.05, 0.1) is 6.61 Å². The van der Waals surface area contributed by atoms with Gasteiger partial charge in [-0.15, -0.1) is 0 Å². The summed E-state index contributed by atoms with van der Waals surface area (Å²) in [4.78, 5) is 12.8. The number of aliphatic hydroxyl groups excluding tert-OH is 3. The van der Waals surface area contributed by atoms with E-state index >= 15 is 0 Å². The molecule has 1 saturated heterocycles. The zero-order valence-corrected chi connectivity index (χ0v) is 14.2. The maximum Gasteiger partial charge on any atom is 0.226 e. The quantitative estimate of drug-likeness (QED) is 0.567. The van der Waals surface area contributed by atoms with Crippen molar-refractivity contribution < 1.29 is 20.1 Å². The van der Waals surface area contributed by atoms with Gasteiger partial charge in [-0.25, -0.2) is 4.98 Å². The second kappa shape index (κ2) is 6.33. The largest absolute Gasteiger partial charge is 0.394 e. The lowest BCUT2D eigenvalue weighted by Gasteiger charge is -2.21. The molecule has 2 aromatic rings. The molecule has 2 fully saturated rings. The lowest BCUT2D eigenvalue weighted by atomic mass is 10.1. The summed E-state index contributed by atoms with van der Waals surface area (Å²) in [5.41, 5.74) is 6.70. The van der Waals surface area contributed by atoms with Crippen LogP contribution in [0.4, 0.5) is 5.82 Å². The van der Waals surface area contributed by atoms with Gasteiger partial charge in [-0.05, 0) is 24.4 Å². The molecule has 0 bridgehead atoms. The van der Waals surface area contributed by atoms with Crippen molar-refractivity contribution in [3.8, 4) is 0 Å². The summed E-state index contributed by atoms with van der Waals surface area (Å²) in [5, 5.41) is 29.9. The van der Waals surface area contributed by atoms with E-state index in [0.717, 1.165) is 25.7 Å². The van der Waals surface area contributed by atoms with Crippen LogP contribution in [0.1, 0.15) is 43.7 Å².